The Bertz CT molecular complexity index is 1600. The Morgan fingerprint density at radius 1 is 1.07 bits per heavy atom. The highest BCUT2D eigenvalue weighted by Crippen LogP contribution is 2.29. The van der Waals surface area contributed by atoms with Crippen molar-refractivity contribution in [1.82, 2.24) is 24.4 Å². The van der Waals surface area contributed by atoms with Gasteiger partial charge in [-0.1, -0.05) is 11.6 Å². The van der Waals surface area contributed by atoms with Crippen molar-refractivity contribution in [3.63, 3.8) is 0 Å². The highest BCUT2D eigenvalue weighted by atomic mass is 35.5. The number of aliphatic hydroxyl groups excluding tert-OH is 1. The molecular formula is C28H28ClF3N6O3. The maximum Gasteiger partial charge on any atom is 0.333 e. The van der Waals surface area contributed by atoms with Crippen molar-refractivity contribution in [2.75, 3.05) is 18.5 Å². The number of aromatic nitrogens is 4. The van der Waals surface area contributed by atoms with Gasteiger partial charge in [-0.15, -0.1) is 0 Å². The largest absolute Gasteiger partial charge is 0.395 e. The van der Waals surface area contributed by atoms with Crippen molar-refractivity contribution >= 4 is 34.4 Å². The maximum absolute atomic E-state index is 14.3. The number of hydrogen-bond acceptors (Lipinski definition) is 6. The van der Waals surface area contributed by atoms with Crippen molar-refractivity contribution < 1.29 is 23.1 Å². The van der Waals surface area contributed by atoms with Gasteiger partial charge in [0.15, 0.2) is 0 Å². The molecule has 0 aliphatic heterocycles. The first kappa shape index (κ1) is 28.6. The minimum atomic E-state index is -2.91. The lowest BCUT2D eigenvalue weighted by Gasteiger charge is -2.29. The average molecular weight is 589 g/mol. The number of imidazole rings is 1. The summed E-state index contributed by atoms with van der Waals surface area (Å²) in [6.07, 6.45) is 2.22. The van der Waals surface area contributed by atoms with E-state index < -0.39 is 23.8 Å². The fraction of sp³-hybridized carbons (Fsp3) is 0.357. The smallest absolute Gasteiger partial charge is 0.333 e. The number of alkyl halides is 2. The summed E-state index contributed by atoms with van der Waals surface area (Å²) in [7, 11) is 0. The Kier molecular flexibility index (Phi) is 8.60. The first-order chi connectivity index (χ1) is 19.7. The molecule has 1 aromatic carbocycles. The number of amides is 1. The number of fused-ring (bicyclic) bond motifs is 1. The zero-order chi connectivity index (χ0) is 29.1. The lowest BCUT2D eigenvalue weighted by molar-refractivity contribution is 0.0904. The van der Waals surface area contributed by atoms with E-state index in [0.29, 0.717) is 61.3 Å². The Hall–Kier alpha value is -3.90. The molecule has 0 unspecified atom stereocenters. The van der Waals surface area contributed by atoms with E-state index in [0.717, 1.165) is 6.20 Å². The van der Waals surface area contributed by atoms with E-state index in [2.05, 4.69) is 20.6 Å². The molecule has 1 fully saturated rings. The van der Waals surface area contributed by atoms with Crippen LogP contribution in [0.2, 0.25) is 5.02 Å². The van der Waals surface area contributed by atoms with Crippen LogP contribution in [0.5, 0.6) is 0 Å². The van der Waals surface area contributed by atoms with Crippen LogP contribution in [-0.2, 0) is 6.54 Å². The third-order valence-electron chi connectivity index (χ3n) is 7.27. The second-order valence-corrected chi connectivity index (χ2v) is 10.4. The molecule has 216 valence electrons. The molecule has 0 bridgehead atoms. The van der Waals surface area contributed by atoms with E-state index >= 15 is 0 Å². The molecule has 1 saturated carbocycles. The van der Waals surface area contributed by atoms with Gasteiger partial charge in [-0.25, -0.2) is 22.9 Å². The molecule has 3 N–H and O–H groups in total. The molecule has 0 radical (unpaired) electrons. The topological polar surface area (TPSA) is 114 Å². The van der Waals surface area contributed by atoms with E-state index in [4.69, 9.17) is 16.7 Å². The summed E-state index contributed by atoms with van der Waals surface area (Å²) in [6.45, 7) is 0.643. The van der Waals surface area contributed by atoms with Crippen molar-refractivity contribution in [2.45, 2.75) is 44.7 Å². The van der Waals surface area contributed by atoms with Crippen LogP contribution in [0, 0.1) is 11.7 Å². The number of halogens is 4. The van der Waals surface area contributed by atoms with E-state index in [9.17, 15) is 22.8 Å². The number of carbonyl (C=O) groups is 1. The van der Waals surface area contributed by atoms with Crippen LogP contribution >= 0.6 is 11.6 Å². The maximum atomic E-state index is 14.3. The Morgan fingerprint density at radius 3 is 2.54 bits per heavy atom. The number of anilines is 1. The van der Waals surface area contributed by atoms with Gasteiger partial charge in [0.05, 0.1) is 40.1 Å². The van der Waals surface area contributed by atoms with Gasteiger partial charge in [-0.3, -0.25) is 18.9 Å². The number of nitrogens with zero attached hydrogens (tertiary/aromatic N) is 4. The second-order valence-electron chi connectivity index (χ2n) is 9.99. The van der Waals surface area contributed by atoms with Gasteiger partial charge in [-0.2, -0.15) is 0 Å². The van der Waals surface area contributed by atoms with Crippen LogP contribution in [0.3, 0.4) is 0 Å². The quantitative estimate of drug-likeness (QED) is 0.261. The summed E-state index contributed by atoms with van der Waals surface area (Å²) in [6, 6.07) is 8.58. The summed E-state index contributed by atoms with van der Waals surface area (Å²) in [5.41, 5.74) is 0.329. The first-order valence-electron chi connectivity index (χ1n) is 13.2. The number of benzene rings is 1. The van der Waals surface area contributed by atoms with Crippen LogP contribution in [0.4, 0.5) is 19.0 Å². The Balaban J connectivity index is 1.31. The van der Waals surface area contributed by atoms with E-state index in [1.54, 1.807) is 22.8 Å². The van der Waals surface area contributed by atoms with Gasteiger partial charge in [-0.05, 0) is 68.0 Å². The number of hydrogen-bond donors (Lipinski definition) is 3. The van der Waals surface area contributed by atoms with Crippen LogP contribution in [0.1, 0.15) is 48.2 Å². The lowest BCUT2D eigenvalue weighted by atomic mass is 9.85. The molecular weight excluding hydrogens is 561 g/mol. The van der Waals surface area contributed by atoms with E-state index in [-0.39, 0.29) is 34.8 Å². The van der Waals surface area contributed by atoms with Gasteiger partial charge in [0, 0.05) is 25.3 Å². The van der Waals surface area contributed by atoms with Crippen LogP contribution < -0.4 is 16.3 Å². The summed E-state index contributed by atoms with van der Waals surface area (Å²) >= 11 is 5.88. The normalized spacial score (nSPS) is 17.2. The van der Waals surface area contributed by atoms with Crippen molar-refractivity contribution in [2.24, 2.45) is 5.92 Å². The van der Waals surface area contributed by atoms with Gasteiger partial charge >= 0.3 is 5.69 Å². The number of aliphatic hydroxyl groups is 1. The monoisotopic (exact) mass is 588 g/mol. The average Bonchev–Trinajstić information content (AvgIpc) is 3.23. The van der Waals surface area contributed by atoms with E-state index in [1.165, 1.54) is 29.0 Å². The number of pyridine rings is 2. The van der Waals surface area contributed by atoms with Gasteiger partial charge in [0.2, 0.25) is 0 Å². The lowest BCUT2D eigenvalue weighted by Crippen LogP contribution is -2.39. The number of carbonyl (C=O) groups excluding carboxylic acids is 1. The van der Waals surface area contributed by atoms with Gasteiger partial charge < -0.3 is 15.7 Å². The third-order valence-corrected chi connectivity index (χ3v) is 7.48. The van der Waals surface area contributed by atoms with Crippen LogP contribution in [-0.4, -0.2) is 49.3 Å². The van der Waals surface area contributed by atoms with Crippen molar-refractivity contribution in [3.05, 3.63) is 81.4 Å². The predicted octanol–water partition coefficient (Wildman–Crippen LogP) is 4.71. The Labute approximate surface area is 238 Å². The highest BCUT2D eigenvalue weighted by Gasteiger charge is 2.27. The first-order valence-corrected chi connectivity index (χ1v) is 13.6. The second kappa shape index (κ2) is 12.3. The molecule has 0 spiro atoms. The van der Waals surface area contributed by atoms with Crippen molar-refractivity contribution in [3.8, 4) is 5.69 Å². The fourth-order valence-corrected chi connectivity index (χ4v) is 5.44. The minimum absolute atomic E-state index is 0.0464. The molecule has 0 atom stereocenters. The third kappa shape index (κ3) is 6.23. The minimum Gasteiger partial charge on any atom is -0.395 e. The molecule has 13 heteroatoms. The SMILES string of the molecule is O=C(N[C@H]1CC[C@H](Cn2c(=O)n(-c3ccc(NCCO)nc3)c3ccc(F)cc32)CC1)c1cc(Cl)cnc1C(F)F. The summed E-state index contributed by atoms with van der Waals surface area (Å²) in [5.74, 6) is -0.489. The molecule has 41 heavy (non-hydrogen) atoms. The van der Waals surface area contributed by atoms with Gasteiger partial charge in [0.25, 0.3) is 12.3 Å². The molecule has 1 aliphatic carbocycles. The van der Waals surface area contributed by atoms with E-state index in [1.807, 2.05) is 0 Å². The fourth-order valence-electron chi connectivity index (χ4n) is 5.28. The number of rotatable bonds is 9. The molecule has 0 saturated heterocycles. The molecule has 3 aromatic heterocycles. The predicted molar refractivity (Wildman–Crippen MR) is 148 cm³/mol. The molecule has 1 amide bonds. The van der Waals surface area contributed by atoms with Crippen LogP contribution in [0.15, 0.2) is 53.6 Å². The molecule has 5 rings (SSSR count). The zero-order valence-electron chi connectivity index (χ0n) is 21.9. The zero-order valence-corrected chi connectivity index (χ0v) is 22.6. The Morgan fingerprint density at radius 2 is 1.85 bits per heavy atom. The van der Waals surface area contributed by atoms with Crippen molar-refractivity contribution in [1.29, 1.82) is 0 Å². The summed E-state index contributed by atoms with van der Waals surface area (Å²) < 4.78 is 44.0. The summed E-state index contributed by atoms with van der Waals surface area (Å²) in [5, 5.41) is 14.9. The molecule has 9 nitrogen and oxygen atoms in total. The number of nitrogens with one attached hydrogen (secondary N) is 2. The molecule has 4 aromatic rings. The summed E-state index contributed by atoms with van der Waals surface area (Å²) in [4.78, 5) is 34.3. The van der Waals surface area contributed by atoms with Crippen LogP contribution in [0.25, 0.3) is 16.7 Å². The van der Waals surface area contributed by atoms with Gasteiger partial charge in [0.1, 0.15) is 17.3 Å². The molecule has 3 heterocycles. The molecule has 1 aliphatic rings. The standard InChI is InChI=1S/C28H28ClF3N6O3/c29-17-11-21(25(26(31)32)35-13-17)27(40)36-19-4-1-16(2-5-19)15-37-23-12-18(30)3-7-22(23)38(28(37)41)20-6-8-24(34-14-20)33-9-10-39/h3,6-8,11-14,16,19,26,39H,1-2,4-5,9-10,15H2,(H,33,34)(H,36,40)/t16-,19-. The highest BCUT2D eigenvalue weighted by molar-refractivity contribution is 6.30.